The lowest BCUT2D eigenvalue weighted by atomic mass is 9.78. The average molecular weight is 394 g/mol. The summed E-state index contributed by atoms with van der Waals surface area (Å²) in [5.74, 6) is 0.679. The minimum Gasteiger partial charge on any atom is -0.507 e. The van der Waals surface area contributed by atoms with Crippen LogP contribution in [0.1, 0.15) is 60.3 Å². The predicted octanol–water partition coefficient (Wildman–Crippen LogP) is 6.62. The Morgan fingerprint density at radius 1 is 1.31 bits per heavy atom. The highest BCUT2D eigenvalue weighted by Gasteiger charge is 2.31. The first-order chi connectivity index (χ1) is 13.8. The molecule has 0 aliphatic heterocycles. The number of rotatable bonds is 9. The lowest BCUT2D eigenvalue weighted by molar-refractivity contribution is -0.113. The number of carbonyl (C=O) groups excluding carboxylic acids is 1. The standard InChI is InChI=1S/C26H35NO2/c1-7-14-27-16-24(21(6)28)25(29)15-18(3)19(4)26(20(5)22-12-13-22)23-11-9-8-10-17(23)2/h8-10,15-16,22-23,29H,5,7,11-14H2,1-4,6H3/b18-15+,25-24-,26-19-,27-16?. The highest BCUT2D eigenvalue weighted by molar-refractivity contribution is 6.12. The van der Waals surface area contributed by atoms with Gasteiger partial charge in [-0.1, -0.05) is 37.3 Å². The van der Waals surface area contributed by atoms with Crippen molar-refractivity contribution >= 4 is 12.0 Å². The summed E-state index contributed by atoms with van der Waals surface area (Å²) < 4.78 is 0. The maximum absolute atomic E-state index is 12.0. The first-order valence-electron chi connectivity index (χ1n) is 10.6. The number of carbonyl (C=O) groups is 1. The number of aliphatic imine (C=N–C) groups is 1. The summed E-state index contributed by atoms with van der Waals surface area (Å²) in [5, 5.41) is 10.6. The molecule has 2 aliphatic carbocycles. The van der Waals surface area contributed by atoms with Gasteiger partial charge in [-0.15, -0.1) is 0 Å². The van der Waals surface area contributed by atoms with Crippen LogP contribution >= 0.6 is 0 Å². The van der Waals surface area contributed by atoms with Gasteiger partial charge in [-0.3, -0.25) is 9.79 Å². The highest BCUT2D eigenvalue weighted by atomic mass is 16.3. The lowest BCUT2D eigenvalue weighted by Crippen LogP contribution is -2.13. The molecule has 0 aromatic carbocycles. The van der Waals surface area contributed by atoms with Crippen molar-refractivity contribution in [2.45, 2.75) is 60.3 Å². The van der Waals surface area contributed by atoms with Crippen molar-refractivity contribution in [3.05, 3.63) is 70.1 Å². The smallest absolute Gasteiger partial charge is 0.165 e. The van der Waals surface area contributed by atoms with E-state index in [2.05, 4.69) is 43.6 Å². The molecular formula is C26H35NO2. The van der Waals surface area contributed by atoms with Crippen molar-refractivity contribution in [2.24, 2.45) is 16.8 Å². The molecular weight excluding hydrogens is 358 g/mol. The molecule has 2 aliphatic rings. The van der Waals surface area contributed by atoms with Gasteiger partial charge in [0, 0.05) is 18.7 Å². The van der Waals surface area contributed by atoms with Crippen LogP contribution in [0.2, 0.25) is 0 Å². The molecule has 3 nitrogen and oxygen atoms in total. The van der Waals surface area contributed by atoms with E-state index in [4.69, 9.17) is 0 Å². The molecule has 0 saturated heterocycles. The van der Waals surface area contributed by atoms with Crippen molar-refractivity contribution in [2.75, 3.05) is 6.54 Å². The van der Waals surface area contributed by atoms with Crippen molar-refractivity contribution in [3.8, 4) is 0 Å². The van der Waals surface area contributed by atoms with Crippen molar-refractivity contribution < 1.29 is 9.90 Å². The van der Waals surface area contributed by atoms with Crippen LogP contribution in [0.4, 0.5) is 0 Å². The Kier molecular flexibility index (Phi) is 8.19. The summed E-state index contributed by atoms with van der Waals surface area (Å²) in [4.78, 5) is 16.2. The second-order valence-electron chi connectivity index (χ2n) is 8.18. The summed E-state index contributed by atoms with van der Waals surface area (Å²) in [5.41, 5.74) is 6.19. The number of hydrogen-bond donors (Lipinski definition) is 1. The van der Waals surface area contributed by atoms with Crippen LogP contribution < -0.4 is 0 Å². The number of aliphatic hydroxyl groups excluding tert-OH is 1. The van der Waals surface area contributed by atoms with Crippen LogP contribution in [0.3, 0.4) is 0 Å². The van der Waals surface area contributed by atoms with E-state index in [9.17, 15) is 9.90 Å². The predicted molar refractivity (Wildman–Crippen MR) is 123 cm³/mol. The van der Waals surface area contributed by atoms with Gasteiger partial charge in [-0.25, -0.2) is 0 Å². The highest BCUT2D eigenvalue weighted by Crippen LogP contribution is 2.45. The first-order valence-corrected chi connectivity index (χ1v) is 10.6. The van der Waals surface area contributed by atoms with Gasteiger partial charge in [0.1, 0.15) is 5.76 Å². The van der Waals surface area contributed by atoms with Gasteiger partial charge in [0.2, 0.25) is 0 Å². The van der Waals surface area contributed by atoms with Crippen LogP contribution in [0.25, 0.3) is 0 Å². The van der Waals surface area contributed by atoms with E-state index in [0.717, 1.165) is 24.0 Å². The summed E-state index contributed by atoms with van der Waals surface area (Å²) >= 11 is 0. The second kappa shape index (κ2) is 10.4. The summed E-state index contributed by atoms with van der Waals surface area (Å²) in [6, 6.07) is 0. The van der Waals surface area contributed by atoms with Gasteiger partial charge in [0.25, 0.3) is 0 Å². The topological polar surface area (TPSA) is 49.7 Å². The maximum Gasteiger partial charge on any atom is 0.165 e. The zero-order chi connectivity index (χ0) is 21.6. The minimum absolute atomic E-state index is 0.0265. The molecule has 29 heavy (non-hydrogen) atoms. The minimum atomic E-state index is -0.188. The molecule has 1 saturated carbocycles. The van der Waals surface area contributed by atoms with E-state index in [-0.39, 0.29) is 17.1 Å². The zero-order valence-corrected chi connectivity index (χ0v) is 18.6. The van der Waals surface area contributed by atoms with Crippen LogP contribution in [-0.2, 0) is 4.79 Å². The molecule has 1 unspecified atom stereocenters. The second-order valence-corrected chi connectivity index (χ2v) is 8.18. The van der Waals surface area contributed by atoms with Crippen LogP contribution in [0, 0.1) is 11.8 Å². The Morgan fingerprint density at radius 3 is 2.55 bits per heavy atom. The molecule has 0 heterocycles. The molecule has 0 radical (unpaired) electrons. The quantitative estimate of drug-likeness (QED) is 0.207. The Labute approximate surface area is 176 Å². The summed E-state index contributed by atoms with van der Waals surface area (Å²) in [6.07, 6.45) is 14.0. The molecule has 1 atom stereocenters. The molecule has 2 rings (SSSR count). The van der Waals surface area contributed by atoms with E-state index < -0.39 is 0 Å². The summed E-state index contributed by atoms with van der Waals surface area (Å²) in [6.45, 7) is 14.8. The van der Waals surface area contributed by atoms with Crippen LogP contribution in [0.5, 0.6) is 0 Å². The average Bonchev–Trinajstić information content (AvgIpc) is 3.51. The number of Topliss-reactive ketones (excluding diaryl/α,β-unsaturated/α-hetero) is 1. The maximum atomic E-state index is 12.0. The number of nitrogens with zero attached hydrogens (tertiary/aromatic N) is 1. The number of allylic oxidation sites excluding steroid dienone is 10. The normalized spacial score (nSPS) is 21.6. The van der Waals surface area contributed by atoms with Gasteiger partial charge >= 0.3 is 0 Å². The fraction of sp³-hybridized carbons (Fsp3) is 0.462. The first kappa shape index (κ1) is 22.9. The van der Waals surface area contributed by atoms with Gasteiger partial charge in [-0.2, -0.15) is 0 Å². The molecule has 0 aromatic heterocycles. The van der Waals surface area contributed by atoms with Gasteiger partial charge in [0.15, 0.2) is 5.78 Å². The SMILES string of the molecule is C=C(/C(=C(C)/C(C)=C/C(O)=C(\C=NCCC)C(C)=O)C1CC=CC=C1C)C1CC1. The molecule has 156 valence electrons. The van der Waals surface area contributed by atoms with Gasteiger partial charge in [-0.05, 0) is 87.7 Å². The van der Waals surface area contributed by atoms with E-state index in [1.54, 1.807) is 6.08 Å². The van der Waals surface area contributed by atoms with Gasteiger partial charge < -0.3 is 5.11 Å². The number of ketones is 1. The third kappa shape index (κ3) is 6.03. The number of hydrogen-bond acceptors (Lipinski definition) is 3. The Morgan fingerprint density at radius 2 is 2.00 bits per heavy atom. The third-order valence-electron chi connectivity index (χ3n) is 5.76. The number of aliphatic hydroxyl groups is 1. The molecule has 1 N–H and O–H groups in total. The fourth-order valence-electron chi connectivity index (χ4n) is 3.69. The van der Waals surface area contributed by atoms with Crippen molar-refractivity contribution in [1.29, 1.82) is 0 Å². The van der Waals surface area contributed by atoms with E-state index in [1.165, 1.54) is 42.7 Å². The lowest BCUT2D eigenvalue weighted by Gasteiger charge is -2.27. The Bertz CT molecular complexity index is 842. The molecule has 0 amide bonds. The molecule has 1 fully saturated rings. The van der Waals surface area contributed by atoms with Crippen molar-refractivity contribution in [3.63, 3.8) is 0 Å². The molecule has 0 bridgehead atoms. The van der Waals surface area contributed by atoms with E-state index in [0.29, 0.717) is 18.4 Å². The van der Waals surface area contributed by atoms with Crippen LogP contribution in [-0.4, -0.2) is 23.6 Å². The summed E-state index contributed by atoms with van der Waals surface area (Å²) in [7, 11) is 0. The largest absolute Gasteiger partial charge is 0.507 e. The van der Waals surface area contributed by atoms with E-state index in [1.807, 2.05) is 13.8 Å². The molecule has 3 heteroatoms. The molecule has 0 spiro atoms. The monoisotopic (exact) mass is 393 g/mol. The third-order valence-corrected chi connectivity index (χ3v) is 5.76. The zero-order valence-electron chi connectivity index (χ0n) is 18.6. The van der Waals surface area contributed by atoms with Gasteiger partial charge in [0.05, 0.1) is 5.57 Å². The van der Waals surface area contributed by atoms with Crippen LogP contribution in [0.15, 0.2) is 75.1 Å². The Hall–Kier alpha value is -2.42. The fourth-order valence-corrected chi connectivity index (χ4v) is 3.69. The van der Waals surface area contributed by atoms with Crippen molar-refractivity contribution in [1.82, 2.24) is 0 Å². The molecule has 0 aromatic rings. The Balaban J connectivity index is 2.47. The van der Waals surface area contributed by atoms with E-state index >= 15 is 0 Å².